The Hall–Kier alpha value is -0.610. The number of nitrogens with zero attached hydrogens (tertiary/aromatic N) is 3. The first kappa shape index (κ1) is 13.5. The normalized spacial score (nSPS) is 18.1. The summed E-state index contributed by atoms with van der Waals surface area (Å²) in [7, 11) is 4.19. The number of hydrogen-bond acceptors (Lipinski definition) is 3. The Morgan fingerprint density at radius 1 is 1.19 bits per heavy atom. The van der Waals surface area contributed by atoms with Gasteiger partial charge in [0.05, 0.1) is 0 Å². The van der Waals surface area contributed by atoms with Crippen molar-refractivity contribution in [2.45, 2.75) is 19.8 Å². The van der Waals surface area contributed by atoms with Gasteiger partial charge in [-0.3, -0.25) is 4.79 Å². The van der Waals surface area contributed by atoms with Gasteiger partial charge in [-0.15, -0.1) is 0 Å². The highest BCUT2D eigenvalue weighted by Gasteiger charge is 2.18. The Morgan fingerprint density at radius 3 is 2.38 bits per heavy atom. The summed E-state index contributed by atoms with van der Waals surface area (Å²) in [5.74, 6) is 0.316. The quantitative estimate of drug-likeness (QED) is 0.684. The summed E-state index contributed by atoms with van der Waals surface area (Å²) in [6, 6.07) is 0. The molecule has 4 nitrogen and oxygen atoms in total. The minimum atomic E-state index is 0.316. The molecule has 0 aromatic heterocycles. The van der Waals surface area contributed by atoms with Crippen LogP contribution in [0.4, 0.5) is 0 Å². The zero-order valence-corrected chi connectivity index (χ0v) is 10.9. The van der Waals surface area contributed by atoms with E-state index in [9.17, 15) is 4.79 Å². The highest BCUT2D eigenvalue weighted by molar-refractivity contribution is 5.76. The molecule has 0 N–H and O–H groups in total. The van der Waals surface area contributed by atoms with Crippen molar-refractivity contribution in [2.75, 3.05) is 53.4 Å². The van der Waals surface area contributed by atoms with E-state index >= 15 is 0 Å². The number of likely N-dealkylation sites (N-methyl/N-ethyl adjacent to an activating group) is 1. The van der Waals surface area contributed by atoms with Crippen molar-refractivity contribution < 1.29 is 4.79 Å². The fraction of sp³-hybridized carbons (Fsp3) is 0.917. The van der Waals surface area contributed by atoms with E-state index in [-0.39, 0.29) is 0 Å². The van der Waals surface area contributed by atoms with Crippen LogP contribution in [0, 0.1) is 0 Å². The summed E-state index contributed by atoms with van der Waals surface area (Å²) in [6.07, 6.45) is 1.82. The lowest BCUT2D eigenvalue weighted by molar-refractivity contribution is -0.133. The van der Waals surface area contributed by atoms with Crippen LogP contribution >= 0.6 is 0 Å². The third-order valence-corrected chi connectivity index (χ3v) is 3.17. The monoisotopic (exact) mass is 227 g/mol. The molecule has 1 fully saturated rings. The molecule has 1 saturated heterocycles. The Kier molecular flexibility index (Phi) is 5.77. The van der Waals surface area contributed by atoms with Crippen LogP contribution in [0.2, 0.25) is 0 Å². The zero-order chi connectivity index (χ0) is 12.0. The second kappa shape index (κ2) is 6.86. The van der Waals surface area contributed by atoms with Gasteiger partial charge >= 0.3 is 0 Å². The zero-order valence-electron chi connectivity index (χ0n) is 10.9. The molecule has 0 atom stereocenters. The second-order valence-corrected chi connectivity index (χ2v) is 4.74. The van der Waals surface area contributed by atoms with Gasteiger partial charge in [0.15, 0.2) is 0 Å². The van der Waals surface area contributed by atoms with E-state index in [0.717, 1.165) is 45.7 Å². The summed E-state index contributed by atoms with van der Waals surface area (Å²) in [5.41, 5.74) is 0. The summed E-state index contributed by atoms with van der Waals surface area (Å²) in [5, 5.41) is 0. The standard InChI is InChI=1S/C12H25N3O/c1-4-6-13(2)7-5-12(16)15-10-8-14(3)9-11-15/h4-11H2,1-3H3. The van der Waals surface area contributed by atoms with Gasteiger partial charge in [0.2, 0.25) is 5.91 Å². The van der Waals surface area contributed by atoms with E-state index in [2.05, 4.69) is 30.8 Å². The minimum absolute atomic E-state index is 0.316. The summed E-state index contributed by atoms with van der Waals surface area (Å²) >= 11 is 0. The topological polar surface area (TPSA) is 26.8 Å². The van der Waals surface area contributed by atoms with Crippen LogP contribution in [0.25, 0.3) is 0 Å². The van der Waals surface area contributed by atoms with Gasteiger partial charge < -0.3 is 14.7 Å². The Morgan fingerprint density at radius 2 is 1.81 bits per heavy atom. The predicted molar refractivity (Wildman–Crippen MR) is 66.5 cm³/mol. The van der Waals surface area contributed by atoms with Crippen LogP contribution in [-0.2, 0) is 4.79 Å². The smallest absolute Gasteiger partial charge is 0.223 e. The van der Waals surface area contributed by atoms with Crippen LogP contribution in [0.15, 0.2) is 0 Å². The van der Waals surface area contributed by atoms with Crippen molar-refractivity contribution in [2.24, 2.45) is 0 Å². The van der Waals surface area contributed by atoms with Crippen molar-refractivity contribution in [3.8, 4) is 0 Å². The number of piperazine rings is 1. The van der Waals surface area contributed by atoms with Crippen molar-refractivity contribution in [3.05, 3.63) is 0 Å². The molecule has 0 radical (unpaired) electrons. The molecule has 4 heteroatoms. The van der Waals surface area contributed by atoms with Crippen LogP contribution in [-0.4, -0.2) is 74.0 Å². The van der Waals surface area contributed by atoms with Crippen LogP contribution in [0.5, 0.6) is 0 Å². The predicted octanol–water partition coefficient (Wildman–Crippen LogP) is 0.492. The molecule has 16 heavy (non-hydrogen) atoms. The number of amides is 1. The van der Waals surface area contributed by atoms with Crippen molar-refractivity contribution in [1.82, 2.24) is 14.7 Å². The van der Waals surface area contributed by atoms with E-state index in [0.29, 0.717) is 12.3 Å². The van der Waals surface area contributed by atoms with E-state index in [4.69, 9.17) is 0 Å². The maximum Gasteiger partial charge on any atom is 0.223 e. The first-order valence-corrected chi connectivity index (χ1v) is 6.28. The molecule has 1 rings (SSSR count). The fourth-order valence-corrected chi connectivity index (χ4v) is 1.99. The Bertz CT molecular complexity index is 212. The van der Waals surface area contributed by atoms with E-state index in [1.807, 2.05) is 4.90 Å². The maximum atomic E-state index is 11.9. The average molecular weight is 227 g/mol. The molecule has 1 aliphatic heterocycles. The van der Waals surface area contributed by atoms with Gasteiger partial charge in [-0.1, -0.05) is 6.92 Å². The summed E-state index contributed by atoms with van der Waals surface area (Å²) in [6.45, 7) is 7.94. The molecule has 0 aliphatic carbocycles. The lowest BCUT2D eigenvalue weighted by Gasteiger charge is -2.32. The Labute approximate surface area is 99.2 Å². The summed E-state index contributed by atoms with van der Waals surface area (Å²) in [4.78, 5) is 18.4. The van der Waals surface area contributed by atoms with Gasteiger partial charge in [0.25, 0.3) is 0 Å². The molecule has 0 unspecified atom stereocenters. The van der Waals surface area contributed by atoms with Gasteiger partial charge in [0.1, 0.15) is 0 Å². The number of carbonyl (C=O) groups excluding carboxylic acids is 1. The lowest BCUT2D eigenvalue weighted by Crippen LogP contribution is -2.47. The molecule has 0 spiro atoms. The number of hydrogen-bond donors (Lipinski definition) is 0. The molecule has 94 valence electrons. The largest absolute Gasteiger partial charge is 0.340 e. The van der Waals surface area contributed by atoms with Gasteiger partial charge in [-0.2, -0.15) is 0 Å². The van der Waals surface area contributed by atoms with Crippen molar-refractivity contribution in [3.63, 3.8) is 0 Å². The van der Waals surface area contributed by atoms with Gasteiger partial charge in [0, 0.05) is 39.1 Å². The number of rotatable bonds is 5. The Balaban J connectivity index is 2.19. The van der Waals surface area contributed by atoms with Crippen molar-refractivity contribution >= 4 is 5.91 Å². The van der Waals surface area contributed by atoms with Gasteiger partial charge in [-0.25, -0.2) is 0 Å². The molecule has 0 aromatic rings. The molecule has 1 amide bonds. The van der Waals surface area contributed by atoms with E-state index in [1.54, 1.807) is 0 Å². The first-order chi connectivity index (χ1) is 7.63. The van der Waals surface area contributed by atoms with Crippen LogP contribution in [0.1, 0.15) is 19.8 Å². The minimum Gasteiger partial charge on any atom is -0.340 e. The maximum absolute atomic E-state index is 11.9. The fourth-order valence-electron chi connectivity index (χ4n) is 1.99. The third kappa shape index (κ3) is 4.49. The summed E-state index contributed by atoms with van der Waals surface area (Å²) < 4.78 is 0. The van der Waals surface area contributed by atoms with Gasteiger partial charge in [-0.05, 0) is 27.1 Å². The highest BCUT2D eigenvalue weighted by Crippen LogP contribution is 2.02. The molecule has 0 saturated carbocycles. The molecular formula is C12H25N3O. The third-order valence-electron chi connectivity index (χ3n) is 3.17. The molecule has 0 bridgehead atoms. The number of carbonyl (C=O) groups is 1. The van der Waals surface area contributed by atoms with Crippen LogP contribution < -0.4 is 0 Å². The lowest BCUT2D eigenvalue weighted by atomic mass is 10.2. The van der Waals surface area contributed by atoms with E-state index < -0.39 is 0 Å². The first-order valence-electron chi connectivity index (χ1n) is 6.28. The molecule has 1 heterocycles. The molecule has 0 aromatic carbocycles. The SMILES string of the molecule is CCCN(C)CCC(=O)N1CCN(C)CC1. The molecular weight excluding hydrogens is 202 g/mol. The second-order valence-electron chi connectivity index (χ2n) is 4.74. The van der Waals surface area contributed by atoms with Crippen LogP contribution in [0.3, 0.4) is 0 Å². The highest BCUT2D eigenvalue weighted by atomic mass is 16.2. The molecule has 1 aliphatic rings. The van der Waals surface area contributed by atoms with E-state index in [1.165, 1.54) is 0 Å². The van der Waals surface area contributed by atoms with Crippen molar-refractivity contribution in [1.29, 1.82) is 0 Å². The average Bonchev–Trinajstić information content (AvgIpc) is 2.27.